The molecule has 3 rings (SSSR count). The molecule has 2 heterocycles. The molecule has 1 aliphatic heterocycles. The summed E-state index contributed by atoms with van der Waals surface area (Å²) in [6, 6.07) is 6.49. The van der Waals surface area contributed by atoms with Gasteiger partial charge in [-0.2, -0.15) is 0 Å². The highest BCUT2D eigenvalue weighted by molar-refractivity contribution is 7.13. The fourth-order valence-electron chi connectivity index (χ4n) is 2.49. The van der Waals surface area contributed by atoms with Crippen LogP contribution in [-0.2, 0) is 20.8 Å². The summed E-state index contributed by atoms with van der Waals surface area (Å²) in [5.41, 5.74) is 1.23. The molecule has 9 heteroatoms. The lowest BCUT2D eigenvalue weighted by Crippen LogP contribution is -2.37. The Balaban J connectivity index is 1.51. The van der Waals surface area contributed by atoms with Gasteiger partial charge in [-0.1, -0.05) is 0 Å². The molecule has 1 saturated heterocycles. The first kappa shape index (κ1) is 17.9. The van der Waals surface area contributed by atoms with E-state index in [0.29, 0.717) is 35.1 Å². The minimum atomic E-state index is -0.520. The predicted octanol–water partition coefficient (Wildman–Crippen LogP) is 1.55. The largest absolute Gasteiger partial charge is 0.497 e. The minimum absolute atomic E-state index is 0.0958. The molecule has 0 spiro atoms. The number of rotatable bonds is 6. The second kappa shape index (κ2) is 7.96. The van der Waals surface area contributed by atoms with Crippen molar-refractivity contribution in [1.82, 2.24) is 10.3 Å². The Kier molecular flexibility index (Phi) is 5.47. The molecule has 8 nitrogen and oxygen atoms in total. The maximum atomic E-state index is 12.1. The number of anilines is 2. The summed E-state index contributed by atoms with van der Waals surface area (Å²) in [6.45, 7) is 0. The van der Waals surface area contributed by atoms with E-state index in [0.717, 1.165) is 0 Å². The van der Waals surface area contributed by atoms with Crippen LogP contribution in [0.2, 0.25) is 0 Å². The molecule has 1 unspecified atom stereocenters. The van der Waals surface area contributed by atoms with Crippen LogP contribution in [0.4, 0.5) is 10.8 Å². The smallest absolute Gasteiger partial charge is 0.248 e. The number of carbonyl (C=O) groups is 3. The maximum Gasteiger partial charge on any atom is 0.248 e. The number of hydrogen-bond donors (Lipinski definition) is 3. The molecule has 0 aliphatic carbocycles. The van der Waals surface area contributed by atoms with Crippen molar-refractivity contribution in [1.29, 1.82) is 0 Å². The Morgan fingerprint density at radius 3 is 2.73 bits per heavy atom. The van der Waals surface area contributed by atoms with Crippen molar-refractivity contribution in [2.75, 3.05) is 17.7 Å². The highest BCUT2D eigenvalue weighted by Gasteiger charge is 2.27. The second-order valence-corrected chi connectivity index (χ2v) is 6.60. The Bertz CT molecular complexity index is 818. The van der Waals surface area contributed by atoms with E-state index < -0.39 is 6.04 Å². The van der Waals surface area contributed by atoms with Crippen LogP contribution in [-0.4, -0.2) is 35.9 Å². The van der Waals surface area contributed by atoms with Crippen LogP contribution in [0.5, 0.6) is 5.75 Å². The number of ether oxygens (including phenoxy) is 1. The summed E-state index contributed by atoms with van der Waals surface area (Å²) in [7, 11) is 1.58. The number of nitrogens with zero attached hydrogens (tertiary/aromatic N) is 1. The highest BCUT2D eigenvalue weighted by atomic mass is 32.1. The molecular weight excluding hydrogens is 356 g/mol. The molecule has 1 aromatic carbocycles. The molecule has 1 aliphatic rings. The number of methoxy groups -OCH3 is 1. The maximum absolute atomic E-state index is 12.1. The molecule has 0 radical (unpaired) electrons. The van der Waals surface area contributed by atoms with Gasteiger partial charge in [0, 0.05) is 17.5 Å². The van der Waals surface area contributed by atoms with E-state index in [1.807, 2.05) is 0 Å². The fraction of sp³-hybridized carbons (Fsp3) is 0.294. The van der Waals surface area contributed by atoms with Gasteiger partial charge in [-0.25, -0.2) is 4.98 Å². The lowest BCUT2D eigenvalue weighted by atomic mass is 10.2. The zero-order chi connectivity index (χ0) is 18.5. The van der Waals surface area contributed by atoms with Crippen LogP contribution < -0.4 is 20.7 Å². The number of thiazole rings is 1. The van der Waals surface area contributed by atoms with Gasteiger partial charge in [-0.3, -0.25) is 14.4 Å². The molecular formula is C17H18N4O4S. The van der Waals surface area contributed by atoms with E-state index in [2.05, 4.69) is 20.9 Å². The van der Waals surface area contributed by atoms with E-state index in [9.17, 15) is 14.4 Å². The zero-order valence-corrected chi connectivity index (χ0v) is 14.9. The van der Waals surface area contributed by atoms with Crippen LogP contribution in [0.1, 0.15) is 18.5 Å². The SMILES string of the molecule is COc1ccc(NC(=O)Cc2csc(NC(=O)C3CCC(=O)N3)n2)cc1. The molecule has 136 valence electrons. The molecule has 1 fully saturated rings. The Morgan fingerprint density at radius 2 is 2.08 bits per heavy atom. The van der Waals surface area contributed by atoms with E-state index in [-0.39, 0.29) is 24.1 Å². The van der Waals surface area contributed by atoms with Gasteiger partial charge in [-0.15, -0.1) is 11.3 Å². The Labute approximate surface area is 154 Å². The predicted molar refractivity (Wildman–Crippen MR) is 97.2 cm³/mol. The topological polar surface area (TPSA) is 109 Å². The van der Waals surface area contributed by atoms with Gasteiger partial charge in [0.2, 0.25) is 17.7 Å². The van der Waals surface area contributed by atoms with Crippen molar-refractivity contribution >= 4 is 39.9 Å². The molecule has 0 saturated carbocycles. The third-order valence-corrected chi connectivity index (χ3v) is 4.62. The van der Waals surface area contributed by atoms with Crippen molar-refractivity contribution < 1.29 is 19.1 Å². The number of benzene rings is 1. The van der Waals surface area contributed by atoms with Crippen molar-refractivity contribution in [3.05, 3.63) is 35.3 Å². The van der Waals surface area contributed by atoms with Crippen molar-refractivity contribution in [3.8, 4) is 5.75 Å². The number of nitrogens with one attached hydrogen (secondary N) is 3. The Hall–Kier alpha value is -2.94. The average molecular weight is 374 g/mol. The van der Waals surface area contributed by atoms with Crippen molar-refractivity contribution in [2.24, 2.45) is 0 Å². The molecule has 2 aromatic rings. The molecule has 3 N–H and O–H groups in total. The van der Waals surface area contributed by atoms with Crippen LogP contribution in [0, 0.1) is 0 Å². The third kappa shape index (κ3) is 4.57. The standard InChI is InChI=1S/C17H18N4O4S/c1-25-12-4-2-10(3-5-12)18-15(23)8-11-9-26-17(19-11)21-16(24)13-6-7-14(22)20-13/h2-5,9,13H,6-8H2,1H3,(H,18,23)(H,20,22)(H,19,21,24). The molecule has 3 amide bonds. The van der Waals surface area contributed by atoms with Crippen LogP contribution in [0.25, 0.3) is 0 Å². The molecule has 1 aromatic heterocycles. The lowest BCUT2D eigenvalue weighted by Gasteiger charge is -2.08. The van der Waals surface area contributed by atoms with E-state index in [1.54, 1.807) is 36.8 Å². The van der Waals surface area contributed by atoms with Gasteiger partial charge in [-0.05, 0) is 30.7 Å². The summed E-state index contributed by atoms with van der Waals surface area (Å²) in [4.78, 5) is 39.5. The van der Waals surface area contributed by atoms with Crippen molar-refractivity contribution in [3.63, 3.8) is 0 Å². The first-order chi connectivity index (χ1) is 12.5. The van der Waals surface area contributed by atoms with Gasteiger partial charge in [0.05, 0.1) is 19.2 Å². The summed E-state index contributed by atoms with van der Waals surface area (Å²) in [6.07, 6.45) is 0.929. The quantitative estimate of drug-likeness (QED) is 0.711. The lowest BCUT2D eigenvalue weighted by molar-refractivity contribution is -0.122. The monoisotopic (exact) mass is 374 g/mol. The van der Waals surface area contributed by atoms with Gasteiger partial charge < -0.3 is 20.7 Å². The van der Waals surface area contributed by atoms with Gasteiger partial charge in [0.15, 0.2) is 5.13 Å². The summed E-state index contributed by atoms with van der Waals surface area (Å²) < 4.78 is 5.07. The number of amides is 3. The molecule has 0 bridgehead atoms. The van der Waals surface area contributed by atoms with E-state index >= 15 is 0 Å². The number of carbonyl (C=O) groups excluding carboxylic acids is 3. The van der Waals surface area contributed by atoms with E-state index in [1.165, 1.54) is 11.3 Å². The summed E-state index contributed by atoms with van der Waals surface area (Å²) >= 11 is 1.24. The van der Waals surface area contributed by atoms with E-state index in [4.69, 9.17) is 4.74 Å². The van der Waals surface area contributed by atoms with Crippen LogP contribution >= 0.6 is 11.3 Å². The van der Waals surface area contributed by atoms with Crippen molar-refractivity contribution in [2.45, 2.75) is 25.3 Å². The van der Waals surface area contributed by atoms with Gasteiger partial charge in [0.1, 0.15) is 11.8 Å². The van der Waals surface area contributed by atoms with Gasteiger partial charge >= 0.3 is 0 Å². The first-order valence-electron chi connectivity index (χ1n) is 8.02. The second-order valence-electron chi connectivity index (χ2n) is 5.75. The van der Waals surface area contributed by atoms with Crippen LogP contribution in [0.15, 0.2) is 29.6 Å². The fourth-order valence-corrected chi connectivity index (χ4v) is 3.21. The van der Waals surface area contributed by atoms with Crippen LogP contribution in [0.3, 0.4) is 0 Å². The first-order valence-corrected chi connectivity index (χ1v) is 8.90. The normalized spacial score (nSPS) is 16.0. The zero-order valence-electron chi connectivity index (χ0n) is 14.1. The summed E-state index contributed by atoms with van der Waals surface area (Å²) in [5.74, 6) is 0.0855. The molecule has 26 heavy (non-hydrogen) atoms. The highest BCUT2D eigenvalue weighted by Crippen LogP contribution is 2.19. The Morgan fingerprint density at radius 1 is 1.31 bits per heavy atom. The average Bonchev–Trinajstić information content (AvgIpc) is 3.24. The summed E-state index contributed by atoms with van der Waals surface area (Å²) in [5, 5.41) is 10.2. The van der Waals surface area contributed by atoms with Gasteiger partial charge in [0.25, 0.3) is 0 Å². The number of aromatic nitrogens is 1. The number of hydrogen-bond acceptors (Lipinski definition) is 6. The third-order valence-electron chi connectivity index (χ3n) is 3.81. The minimum Gasteiger partial charge on any atom is -0.497 e. The molecule has 1 atom stereocenters.